The Hall–Kier alpha value is -1.34. The zero-order chi connectivity index (χ0) is 19.4. The minimum atomic E-state index is 0.216. The molecule has 1 heterocycles. The van der Waals surface area contributed by atoms with Crippen molar-refractivity contribution in [3.8, 4) is 0 Å². The lowest BCUT2D eigenvalue weighted by Gasteiger charge is -2.56. The van der Waals surface area contributed by atoms with Crippen LogP contribution in [0.15, 0.2) is 55.1 Å². The van der Waals surface area contributed by atoms with Gasteiger partial charge in [0.2, 0.25) is 0 Å². The molecule has 26 heavy (non-hydrogen) atoms. The highest BCUT2D eigenvalue weighted by Gasteiger charge is 2.45. The van der Waals surface area contributed by atoms with Gasteiger partial charge in [-0.05, 0) is 77.2 Å². The quantitative estimate of drug-likeness (QED) is 0.456. The first kappa shape index (κ1) is 21.0. The average Bonchev–Trinajstić information content (AvgIpc) is 2.56. The predicted octanol–water partition coefficient (Wildman–Crippen LogP) is 6.97. The predicted molar refractivity (Wildman–Crippen MR) is 116 cm³/mol. The van der Waals surface area contributed by atoms with Gasteiger partial charge in [0.1, 0.15) is 0 Å². The smallest absolute Gasteiger partial charge is 0.0161 e. The first-order valence-corrected chi connectivity index (χ1v) is 10.3. The Morgan fingerprint density at radius 3 is 2.27 bits per heavy atom. The van der Waals surface area contributed by atoms with Crippen LogP contribution in [-0.4, -0.2) is 22.5 Å². The Morgan fingerprint density at radius 2 is 1.73 bits per heavy atom. The highest BCUT2D eigenvalue weighted by Crippen LogP contribution is 2.44. The minimum Gasteiger partial charge on any atom is -0.292 e. The van der Waals surface area contributed by atoms with Gasteiger partial charge in [0.25, 0.3) is 0 Å². The summed E-state index contributed by atoms with van der Waals surface area (Å²) in [5.41, 5.74) is 3.27. The zero-order valence-electron chi connectivity index (χ0n) is 17.7. The van der Waals surface area contributed by atoms with Crippen molar-refractivity contribution >= 4 is 0 Å². The molecule has 0 amide bonds. The lowest BCUT2D eigenvalue weighted by Crippen LogP contribution is -2.61. The highest BCUT2D eigenvalue weighted by molar-refractivity contribution is 5.20. The van der Waals surface area contributed by atoms with Crippen LogP contribution in [0.25, 0.3) is 0 Å². The summed E-state index contributed by atoms with van der Waals surface area (Å²) in [6, 6.07) is 10.9. The maximum absolute atomic E-state index is 4.33. The van der Waals surface area contributed by atoms with Crippen LogP contribution in [0, 0.1) is 5.92 Å². The molecule has 1 atom stereocenters. The van der Waals surface area contributed by atoms with E-state index >= 15 is 0 Å². The van der Waals surface area contributed by atoms with Crippen LogP contribution in [-0.2, 0) is 0 Å². The molecule has 0 spiro atoms. The Bertz CT molecular complexity index is 578. The van der Waals surface area contributed by atoms with Gasteiger partial charge < -0.3 is 0 Å². The van der Waals surface area contributed by atoms with Crippen LogP contribution in [0.1, 0.15) is 78.2 Å². The van der Waals surface area contributed by atoms with Gasteiger partial charge in [-0.15, -0.1) is 6.58 Å². The van der Waals surface area contributed by atoms with Crippen molar-refractivity contribution < 1.29 is 0 Å². The molecule has 1 unspecified atom stereocenters. The van der Waals surface area contributed by atoms with Crippen LogP contribution in [0.5, 0.6) is 0 Å². The van der Waals surface area contributed by atoms with Crippen LogP contribution < -0.4 is 0 Å². The van der Waals surface area contributed by atoms with Crippen LogP contribution in [0.2, 0.25) is 0 Å². The minimum absolute atomic E-state index is 0.216. The molecule has 1 fully saturated rings. The number of allylic oxidation sites excluding steroid dienone is 2. The Kier molecular flexibility index (Phi) is 6.91. The summed E-state index contributed by atoms with van der Waals surface area (Å²) in [4.78, 5) is 2.76. The van der Waals surface area contributed by atoms with E-state index in [1.165, 1.54) is 30.4 Å². The van der Waals surface area contributed by atoms with Gasteiger partial charge in [-0.1, -0.05) is 55.5 Å². The number of piperidine rings is 1. The Balaban J connectivity index is 2.07. The lowest BCUT2D eigenvalue weighted by atomic mass is 9.71. The summed E-state index contributed by atoms with van der Waals surface area (Å²) in [5, 5.41) is 0. The third kappa shape index (κ3) is 5.33. The lowest BCUT2D eigenvalue weighted by molar-refractivity contribution is -0.0541. The van der Waals surface area contributed by atoms with Gasteiger partial charge in [0.15, 0.2) is 0 Å². The summed E-state index contributed by atoms with van der Waals surface area (Å²) in [7, 11) is 0. The molecule has 1 aliphatic heterocycles. The standard InChI is InChI=1S/C25H39N/c1-8-9-13-20(2)16-22-17-24(4,5)26(25(6,7)18-22)19-21(3)23-14-11-10-12-15-23/h8,10-12,14-15,21-22H,1-2,9,13,16-19H2,3-7H3. The number of rotatable bonds is 8. The molecule has 0 aliphatic carbocycles. The molecular formula is C25H39N. The van der Waals surface area contributed by atoms with Gasteiger partial charge in [0.05, 0.1) is 0 Å². The molecule has 0 bridgehead atoms. The normalized spacial score (nSPS) is 21.3. The maximum atomic E-state index is 4.33. The number of nitrogens with zero attached hydrogens (tertiary/aromatic N) is 1. The van der Waals surface area contributed by atoms with Crippen molar-refractivity contribution in [2.24, 2.45) is 5.92 Å². The Morgan fingerprint density at radius 1 is 1.15 bits per heavy atom. The zero-order valence-corrected chi connectivity index (χ0v) is 17.7. The third-order valence-electron chi connectivity index (χ3n) is 6.14. The maximum Gasteiger partial charge on any atom is 0.0161 e. The molecule has 2 rings (SSSR count). The van der Waals surface area contributed by atoms with Gasteiger partial charge in [-0.3, -0.25) is 4.90 Å². The molecule has 1 saturated heterocycles. The fourth-order valence-corrected chi connectivity index (χ4v) is 5.14. The van der Waals surface area contributed by atoms with E-state index in [-0.39, 0.29) is 11.1 Å². The van der Waals surface area contributed by atoms with E-state index in [0.717, 1.165) is 25.3 Å². The fourth-order valence-electron chi connectivity index (χ4n) is 5.14. The molecule has 1 heteroatoms. The third-order valence-corrected chi connectivity index (χ3v) is 6.14. The van der Waals surface area contributed by atoms with E-state index in [9.17, 15) is 0 Å². The van der Waals surface area contributed by atoms with Crippen LogP contribution in [0.3, 0.4) is 0 Å². The molecule has 0 N–H and O–H groups in total. The SMILES string of the molecule is C=CCCC(=C)CC1CC(C)(C)N(CC(C)c2ccccc2)C(C)(C)C1. The van der Waals surface area contributed by atoms with E-state index in [1.807, 2.05) is 6.08 Å². The number of hydrogen-bond acceptors (Lipinski definition) is 1. The van der Waals surface area contributed by atoms with Gasteiger partial charge in [-0.2, -0.15) is 0 Å². The van der Waals surface area contributed by atoms with E-state index < -0.39 is 0 Å². The summed E-state index contributed by atoms with van der Waals surface area (Å²) < 4.78 is 0. The molecule has 0 saturated carbocycles. The van der Waals surface area contributed by atoms with Gasteiger partial charge >= 0.3 is 0 Å². The summed E-state index contributed by atoms with van der Waals surface area (Å²) in [6.07, 6.45) is 7.83. The number of benzene rings is 1. The highest BCUT2D eigenvalue weighted by atomic mass is 15.3. The van der Waals surface area contributed by atoms with Crippen molar-refractivity contribution in [2.75, 3.05) is 6.54 Å². The molecule has 144 valence electrons. The van der Waals surface area contributed by atoms with Crippen molar-refractivity contribution in [3.05, 3.63) is 60.7 Å². The average molecular weight is 354 g/mol. The second kappa shape index (κ2) is 8.57. The molecule has 1 aliphatic rings. The topological polar surface area (TPSA) is 3.24 Å². The Labute approximate surface area is 162 Å². The van der Waals surface area contributed by atoms with Crippen molar-refractivity contribution in [2.45, 2.75) is 83.7 Å². The number of likely N-dealkylation sites (tertiary alicyclic amines) is 1. The van der Waals surface area contributed by atoms with Gasteiger partial charge in [0, 0.05) is 17.6 Å². The molecule has 0 radical (unpaired) electrons. The first-order valence-electron chi connectivity index (χ1n) is 10.3. The van der Waals surface area contributed by atoms with E-state index in [0.29, 0.717) is 5.92 Å². The summed E-state index contributed by atoms with van der Waals surface area (Å²) in [5.74, 6) is 1.29. The van der Waals surface area contributed by atoms with E-state index in [1.54, 1.807) is 0 Å². The van der Waals surface area contributed by atoms with E-state index in [2.05, 4.69) is 83.0 Å². The largest absolute Gasteiger partial charge is 0.292 e. The second-order valence-corrected chi connectivity index (χ2v) is 9.60. The molecule has 0 aromatic heterocycles. The summed E-state index contributed by atoms with van der Waals surface area (Å²) in [6.45, 7) is 21.4. The number of hydrogen-bond donors (Lipinski definition) is 0. The van der Waals surface area contributed by atoms with Crippen molar-refractivity contribution in [1.29, 1.82) is 0 Å². The fraction of sp³-hybridized carbons (Fsp3) is 0.600. The van der Waals surface area contributed by atoms with E-state index in [4.69, 9.17) is 0 Å². The second-order valence-electron chi connectivity index (χ2n) is 9.60. The first-order chi connectivity index (χ1) is 12.2. The summed E-state index contributed by atoms with van der Waals surface area (Å²) >= 11 is 0. The molecule has 1 aromatic carbocycles. The van der Waals surface area contributed by atoms with Crippen LogP contribution >= 0.6 is 0 Å². The molecule has 1 aromatic rings. The van der Waals surface area contributed by atoms with Crippen molar-refractivity contribution in [3.63, 3.8) is 0 Å². The molecular weight excluding hydrogens is 314 g/mol. The van der Waals surface area contributed by atoms with Crippen LogP contribution in [0.4, 0.5) is 0 Å². The monoisotopic (exact) mass is 353 g/mol. The van der Waals surface area contributed by atoms with Crippen molar-refractivity contribution in [1.82, 2.24) is 4.90 Å². The van der Waals surface area contributed by atoms with Gasteiger partial charge in [-0.25, -0.2) is 0 Å². The molecule has 1 nitrogen and oxygen atoms in total.